The van der Waals surface area contributed by atoms with Gasteiger partial charge in [-0.25, -0.2) is 19.9 Å². The molecule has 3 N–H and O–H groups in total. The molecule has 4 aromatic heterocycles. The molecule has 2 saturated heterocycles. The molecule has 0 aliphatic carbocycles. The minimum absolute atomic E-state index is 0.363. The lowest BCUT2D eigenvalue weighted by Gasteiger charge is -2.32. The summed E-state index contributed by atoms with van der Waals surface area (Å²) in [6.45, 7) is 6.76. The van der Waals surface area contributed by atoms with Crippen LogP contribution < -0.4 is 10.6 Å². The van der Waals surface area contributed by atoms with E-state index in [1.165, 1.54) is 5.56 Å². The van der Waals surface area contributed by atoms with Crippen molar-refractivity contribution < 1.29 is 0 Å². The Balaban J connectivity index is 0.981. The van der Waals surface area contributed by atoms with Gasteiger partial charge in [0.15, 0.2) is 11.5 Å². The van der Waals surface area contributed by atoms with Gasteiger partial charge in [-0.2, -0.15) is 10.1 Å². The lowest BCUT2D eigenvalue weighted by Crippen LogP contribution is -2.45. The van der Waals surface area contributed by atoms with E-state index >= 15 is 0 Å². The van der Waals surface area contributed by atoms with Gasteiger partial charge in [0.1, 0.15) is 11.6 Å². The Morgan fingerprint density at radius 2 is 1.54 bits per heavy atom. The molecule has 2 aliphatic rings. The Kier molecular flexibility index (Phi) is 8.21. The highest BCUT2D eigenvalue weighted by atomic mass is 15.3. The number of nitrogen functional groups attached to an aromatic ring is 1. The van der Waals surface area contributed by atoms with Gasteiger partial charge in [0.05, 0.1) is 5.69 Å². The number of piperazine rings is 1. The predicted molar refractivity (Wildman–Crippen MR) is 189 cm³/mol. The van der Waals surface area contributed by atoms with Gasteiger partial charge in [0, 0.05) is 73.1 Å². The molecule has 0 amide bonds. The highest BCUT2D eigenvalue weighted by Crippen LogP contribution is 2.34. The van der Waals surface area contributed by atoms with Gasteiger partial charge < -0.3 is 15.5 Å². The number of rotatable bonds is 7. The van der Waals surface area contributed by atoms with Gasteiger partial charge in [0.25, 0.3) is 0 Å². The number of pyridine rings is 2. The number of hydrogen-bond acceptors (Lipinski definition) is 10. The van der Waals surface area contributed by atoms with Gasteiger partial charge in [-0.1, -0.05) is 54.6 Å². The van der Waals surface area contributed by atoms with Crippen molar-refractivity contribution in [3.8, 4) is 33.8 Å². The maximum absolute atomic E-state index is 5.73. The number of benzene rings is 2. The van der Waals surface area contributed by atoms with Gasteiger partial charge in [-0.3, -0.25) is 10.00 Å². The minimum atomic E-state index is 0.363. The highest BCUT2D eigenvalue weighted by Gasteiger charge is 2.24. The highest BCUT2D eigenvalue weighted by molar-refractivity contribution is 5.90. The summed E-state index contributed by atoms with van der Waals surface area (Å²) in [6.07, 6.45) is 5.71. The zero-order valence-electron chi connectivity index (χ0n) is 27.1. The molecule has 11 nitrogen and oxygen atoms in total. The van der Waals surface area contributed by atoms with Crippen LogP contribution in [0.15, 0.2) is 85.2 Å². The van der Waals surface area contributed by atoms with Crippen LogP contribution in [0.25, 0.3) is 44.8 Å². The normalized spacial score (nSPS) is 16.5. The number of anilines is 2. The number of H-pyrrole nitrogens is 1. The number of nitrogens with one attached hydrogen (secondary N) is 1. The largest absolute Gasteiger partial charge is 0.384 e. The van der Waals surface area contributed by atoms with E-state index in [4.69, 9.17) is 25.7 Å². The Morgan fingerprint density at radius 3 is 2.29 bits per heavy atom. The second-order valence-corrected chi connectivity index (χ2v) is 12.9. The van der Waals surface area contributed by atoms with E-state index in [-0.39, 0.29) is 0 Å². The fourth-order valence-corrected chi connectivity index (χ4v) is 6.69. The molecule has 11 heteroatoms. The zero-order chi connectivity index (χ0) is 32.5. The third kappa shape index (κ3) is 6.34. The van der Waals surface area contributed by atoms with E-state index < -0.39 is 0 Å². The molecule has 0 unspecified atom stereocenters. The zero-order valence-corrected chi connectivity index (χ0v) is 27.1. The molecule has 0 spiro atoms. The van der Waals surface area contributed by atoms with Gasteiger partial charge in [-0.15, -0.1) is 0 Å². The van der Waals surface area contributed by atoms with Crippen LogP contribution in [0.2, 0.25) is 0 Å². The summed E-state index contributed by atoms with van der Waals surface area (Å²) in [5, 5.41) is 8.55. The van der Waals surface area contributed by atoms with Crippen LogP contribution in [0.4, 0.5) is 11.8 Å². The summed E-state index contributed by atoms with van der Waals surface area (Å²) < 4.78 is 0. The van der Waals surface area contributed by atoms with Gasteiger partial charge in [-0.05, 0) is 62.3 Å². The molecule has 0 atom stereocenters. The Bertz CT molecular complexity index is 1990. The summed E-state index contributed by atoms with van der Waals surface area (Å²) in [6, 6.07) is 25.2. The van der Waals surface area contributed by atoms with Crippen molar-refractivity contribution in [1.82, 2.24) is 44.9 Å². The Morgan fingerprint density at radius 1 is 0.771 bits per heavy atom. The fraction of sp³-hybridized carbons (Fsp3) is 0.297. The molecule has 0 radical (unpaired) electrons. The number of nitrogens with two attached hydrogens (primary N) is 1. The van der Waals surface area contributed by atoms with Crippen molar-refractivity contribution >= 4 is 22.8 Å². The number of fused-ring (bicyclic) bond motifs is 1. The first-order valence-corrected chi connectivity index (χ1v) is 16.7. The van der Waals surface area contributed by atoms with Crippen LogP contribution in [0.5, 0.6) is 0 Å². The molecular formula is C37H39N11. The van der Waals surface area contributed by atoms with Crippen LogP contribution in [0, 0.1) is 0 Å². The molecule has 0 saturated carbocycles. The van der Waals surface area contributed by atoms with E-state index in [1.807, 2.05) is 18.3 Å². The van der Waals surface area contributed by atoms with Crippen LogP contribution >= 0.6 is 0 Å². The molecule has 2 fully saturated rings. The van der Waals surface area contributed by atoms with Crippen LogP contribution in [-0.2, 0) is 6.54 Å². The molecule has 2 aliphatic heterocycles. The van der Waals surface area contributed by atoms with Crippen molar-refractivity contribution in [2.24, 2.45) is 0 Å². The number of hydrogen-bond donors (Lipinski definition) is 2. The first-order valence-electron chi connectivity index (χ1n) is 16.7. The van der Waals surface area contributed by atoms with Crippen molar-refractivity contribution in [3.63, 3.8) is 0 Å². The van der Waals surface area contributed by atoms with E-state index in [9.17, 15) is 0 Å². The average molecular weight is 638 g/mol. The number of nitrogens with zero attached hydrogens (tertiary/aromatic N) is 9. The summed E-state index contributed by atoms with van der Waals surface area (Å²) in [5.74, 6) is 3.22. The molecule has 6 heterocycles. The molecule has 48 heavy (non-hydrogen) atoms. The number of aromatic nitrogens is 7. The number of aromatic amines is 1. The number of likely N-dealkylation sites (N-methyl/N-ethyl adjacent to an activating group) is 1. The van der Waals surface area contributed by atoms with Crippen LogP contribution in [-0.4, -0.2) is 91.2 Å². The Hall–Kier alpha value is -5.26. The second-order valence-electron chi connectivity index (χ2n) is 12.9. The lowest BCUT2D eigenvalue weighted by atomic mass is 9.95. The van der Waals surface area contributed by atoms with E-state index in [0.717, 1.165) is 109 Å². The summed E-state index contributed by atoms with van der Waals surface area (Å²) in [7, 11) is 2.16. The fourth-order valence-electron chi connectivity index (χ4n) is 6.69. The molecule has 8 rings (SSSR count). The Labute approximate surface area is 279 Å². The molecular weight excluding hydrogens is 598 g/mol. The predicted octanol–water partition coefficient (Wildman–Crippen LogP) is 5.25. The van der Waals surface area contributed by atoms with E-state index in [1.54, 1.807) is 12.3 Å². The first-order chi connectivity index (χ1) is 23.6. The molecule has 2 aromatic carbocycles. The monoisotopic (exact) mass is 637 g/mol. The number of likely N-dealkylation sites (tertiary alicyclic amines) is 1. The van der Waals surface area contributed by atoms with Crippen molar-refractivity contribution in [3.05, 3.63) is 96.6 Å². The van der Waals surface area contributed by atoms with Crippen LogP contribution in [0.3, 0.4) is 0 Å². The number of piperidine rings is 1. The van der Waals surface area contributed by atoms with Crippen molar-refractivity contribution in [1.29, 1.82) is 0 Å². The maximum atomic E-state index is 5.73. The lowest BCUT2D eigenvalue weighted by molar-refractivity contribution is 0.202. The first kappa shape index (κ1) is 30.1. The topological polar surface area (TPSA) is 129 Å². The molecule has 242 valence electrons. The third-order valence-electron chi connectivity index (χ3n) is 9.58. The third-order valence-corrected chi connectivity index (χ3v) is 9.58. The molecule has 6 aromatic rings. The molecule has 0 bridgehead atoms. The van der Waals surface area contributed by atoms with Crippen molar-refractivity contribution in [2.75, 3.05) is 56.9 Å². The van der Waals surface area contributed by atoms with E-state index in [0.29, 0.717) is 17.6 Å². The van der Waals surface area contributed by atoms with Gasteiger partial charge >= 0.3 is 0 Å². The van der Waals surface area contributed by atoms with Crippen molar-refractivity contribution in [2.45, 2.75) is 25.3 Å². The summed E-state index contributed by atoms with van der Waals surface area (Å²) in [4.78, 5) is 30.9. The van der Waals surface area contributed by atoms with Gasteiger partial charge in [0.2, 0.25) is 5.95 Å². The average Bonchev–Trinajstić information content (AvgIpc) is 3.63. The maximum Gasteiger partial charge on any atom is 0.227 e. The standard InChI is InChI=1S/C37H39N11/c1-46-17-19-48(20-18-46)37-40-23-30-21-31(26-5-3-2-4-6-26)33(41-34(30)43-37)27-9-7-25(8-10-27)24-47-15-13-28(14-16-47)35-42-36(45-44-35)29-11-12-32(38)39-22-29/h2-12,21-23,28H,13-20,24H2,1H3,(H2,38,39)(H,42,44,45). The van der Waals surface area contributed by atoms with Crippen LogP contribution in [0.1, 0.15) is 30.1 Å². The minimum Gasteiger partial charge on any atom is -0.384 e. The quantitative estimate of drug-likeness (QED) is 0.239. The summed E-state index contributed by atoms with van der Waals surface area (Å²) >= 11 is 0. The smallest absolute Gasteiger partial charge is 0.227 e. The summed E-state index contributed by atoms with van der Waals surface area (Å²) in [5.41, 5.74) is 12.8. The van der Waals surface area contributed by atoms with E-state index in [2.05, 4.69) is 91.5 Å². The SMILES string of the molecule is CN1CCN(c2ncc3cc(-c4ccccc4)c(-c4ccc(CN5CCC(c6nc(-c7ccc(N)nc7)n[nH]6)CC5)cc4)nc3n2)CC1. The second kappa shape index (κ2) is 13.1.